The highest BCUT2D eigenvalue weighted by molar-refractivity contribution is 5.94. The van der Waals surface area contributed by atoms with E-state index in [1.54, 1.807) is 48.5 Å². The monoisotopic (exact) mass is 771 g/mol. The van der Waals surface area contributed by atoms with Crippen LogP contribution in [0.3, 0.4) is 0 Å². The van der Waals surface area contributed by atoms with Crippen LogP contribution < -0.4 is 0 Å². The van der Waals surface area contributed by atoms with Gasteiger partial charge in [-0.3, -0.25) is 0 Å². The summed E-state index contributed by atoms with van der Waals surface area (Å²) < 4.78 is 21.5. The minimum atomic E-state index is -0.367. The fraction of sp³-hybridized carbons (Fsp3) is 0.660. The minimum absolute atomic E-state index is 0. The molecule has 55 heavy (non-hydrogen) atoms. The number of carbonyl (C=O) groups is 4. The lowest BCUT2D eigenvalue weighted by molar-refractivity contribution is 0.0483. The molecule has 0 spiro atoms. The van der Waals surface area contributed by atoms with Gasteiger partial charge < -0.3 is 18.9 Å². The van der Waals surface area contributed by atoms with Crippen molar-refractivity contribution in [3.8, 4) is 0 Å². The van der Waals surface area contributed by atoms with Gasteiger partial charge >= 0.3 is 23.9 Å². The molecule has 0 aliphatic carbocycles. The molecule has 8 heteroatoms. The molecule has 8 nitrogen and oxygen atoms in total. The Kier molecular flexibility index (Phi) is 35.0. The molecule has 2 aromatic rings. The van der Waals surface area contributed by atoms with Gasteiger partial charge in [-0.2, -0.15) is 0 Å². The number of unbranched alkanes of at least 4 members (excludes halogenated alkanes) is 19. The van der Waals surface area contributed by atoms with E-state index < -0.39 is 0 Å². The van der Waals surface area contributed by atoms with Gasteiger partial charge in [0.05, 0.1) is 48.7 Å². The van der Waals surface area contributed by atoms with Gasteiger partial charge in [-0.15, -0.1) is 0 Å². The zero-order valence-corrected chi connectivity index (χ0v) is 32.3. The molecule has 2 aromatic carbocycles. The summed E-state index contributed by atoms with van der Waals surface area (Å²) in [6.07, 6.45) is 24.3. The first-order valence-corrected chi connectivity index (χ1v) is 20.3. The quantitative estimate of drug-likeness (QED) is 0.0424. The topological polar surface area (TPSA) is 105 Å². The summed E-state index contributed by atoms with van der Waals surface area (Å²) in [6.45, 7) is 6.02. The van der Waals surface area contributed by atoms with E-state index in [-0.39, 0.29) is 46.2 Å². The summed E-state index contributed by atoms with van der Waals surface area (Å²) in [4.78, 5) is 49.2. The molecule has 0 aliphatic heterocycles. The highest BCUT2D eigenvalue weighted by Gasteiger charge is 2.12. The van der Waals surface area contributed by atoms with E-state index in [0.29, 0.717) is 48.7 Å². The molecule has 0 N–H and O–H groups in total. The van der Waals surface area contributed by atoms with Gasteiger partial charge in [0.1, 0.15) is 0 Å². The molecule has 0 aromatic heterocycles. The zero-order valence-electron chi connectivity index (χ0n) is 32.3. The molecule has 0 unspecified atom stereocenters. The smallest absolute Gasteiger partial charge is 0.338 e. The Morgan fingerprint density at radius 3 is 0.655 bits per heavy atom. The maximum absolute atomic E-state index is 12.4. The molecule has 0 atom stereocenters. The first-order chi connectivity index (χ1) is 25.5. The van der Waals surface area contributed by atoms with Gasteiger partial charge in [0.25, 0.3) is 0 Å². The number of esters is 4. The first-order valence-electron chi connectivity index (χ1n) is 20.3. The molecular formula is C47H78O8. The van der Waals surface area contributed by atoms with Crippen LogP contribution >= 0.6 is 0 Å². The standard InChI is InChI=1S/C44H66O8.3CH4/c1-3-5-7-9-17-21-33-49-41(45)37-25-29-39(30-26-37)43(47)51-35-23-19-15-13-11-12-14-16-20-24-36-52-44(48)40-31-27-38(28-32-40)42(46)50-34-22-18-10-8-6-4-2;;;/h25-32H,3-24,33-36H2,1-2H3;3*1H4. The number of hydrogen-bond donors (Lipinski definition) is 0. The lowest BCUT2D eigenvalue weighted by Gasteiger charge is -2.07. The largest absolute Gasteiger partial charge is 0.462 e. The van der Waals surface area contributed by atoms with Crippen molar-refractivity contribution < 1.29 is 38.1 Å². The van der Waals surface area contributed by atoms with Crippen molar-refractivity contribution in [2.24, 2.45) is 0 Å². The van der Waals surface area contributed by atoms with E-state index in [0.717, 1.165) is 77.0 Å². The molecule has 2 rings (SSSR count). The van der Waals surface area contributed by atoms with E-state index >= 15 is 0 Å². The highest BCUT2D eigenvalue weighted by atomic mass is 16.5. The molecule has 0 fully saturated rings. The number of carbonyl (C=O) groups excluding carboxylic acids is 4. The van der Waals surface area contributed by atoms with Crippen molar-refractivity contribution >= 4 is 23.9 Å². The molecule has 314 valence electrons. The molecule has 0 bridgehead atoms. The van der Waals surface area contributed by atoms with Gasteiger partial charge in [-0.1, -0.05) is 152 Å². The van der Waals surface area contributed by atoms with Gasteiger partial charge in [0.15, 0.2) is 0 Å². The Hall–Kier alpha value is -3.68. The van der Waals surface area contributed by atoms with E-state index in [1.165, 1.54) is 64.2 Å². The fourth-order valence-electron chi connectivity index (χ4n) is 5.86. The Morgan fingerprint density at radius 2 is 0.473 bits per heavy atom. The molecule has 0 aliphatic rings. The Labute approximate surface area is 335 Å². The van der Waals surface area contributed by atoms with Crippen LogP contribution in [-0.2, 0) is 18.9 Å². The second kappa shape index (κ2) is 36.0. The molecule has 0 heterocycles. The van der Waals surface area contributed by atoms with Crippen LogP contribution in [0.4, 0.5) is 0 Å². The number of benzene rings is 2. The van der Waals surface area contributed by atoms with Crippen molar-refractivity contribution in [3.63, 3.8) is 0 Å². The molecule has 0 radical (unpaired) electrons. The summed E-state index contributed by atoms with van der Waals surface area (Å²) in [5.74, 6) is -1.45. The van der Waals surface area contributed by atoms with Crippen LogP contribution in [-0.4, -0.2) is 50.3 Å². The van der Waals surface area contributed by atoms with Gasteiger partial charge in [0.2, 0.25) is 0 Å². The van der Waals surface area contributed by atoms with Gasteiger partial charge in [-0.05, 0) is 74.2 Å². The van der Waals surface area contributed by atoms with Gasteiger partial charge in [0, 0.05) is 0 Å². The van der Waals surface area contributed by atoms with E-state index in [4.69, 9.17) is 18.9 Å². The van der Waals surface area contributed by atoms with E-state index in [2.05, 4.69) is 13.8 Å². The molecule has 0 amide bonds. The van der Waals surface area contributed by atoms with Crippen molar-refractivity contribution in [1.82, 2.24) is 0 Å². The van der Waals surface area contributed by atoms with Crippen LogP contribution in [0, 0.1) is 0 Å². The number of ether oxygens (including phenoxy) is 4. The van der Waals surface area contributed by atoms with Crippen molar-refractivity contribution in [1.29, 1.82) is 0 Å². The van der Waals surface area contributed by atoms with Crippen LogP contribution in [0.2, 0.25) is 0 Å². The van der Waals surface area contributed by atoms with Crippen molar-refractivity contribution in [2.45, 2.75) is 177 Å². The normalized spacial score (nSPS) is 10.3. The third-order valence-electron chi connectivity index (χ3n) is 9.18. The molecular weight excluding hydrogens is 693 g/mol. The van der Waals surface area contributed by atoms with Crippen LogP contribution in [0.15, 0.2) is 48.5 Å². The molecule has 0 saturated carbocycles. The summed E-state index contributed by atoms with van der Waals surface area (Å²) >= 11 is 0. The van der Waals surface area contributed by atoms with Crippen LogP contribution in [0.1, 0.15) is 219 Å². The van der Waals surface area contributed by atoms with Crippen molar-refractivity contribution in [2.75, 3.05) is 26.4 Å². The third-order valence-corrected chi connectivity index (χ3v) is 9.18. The second-order valence-corrected chi connectivity index (χ2v) is 13.8. The molecule has 0 saturated heterocycles. The van der Waals surface area contributed by atoms with Gasteiger partial charge in [-0.25, -0.2) is 19.2 Å². The minimum Gasteiger partial charge on any atom is -0.462 e. The summed E-state index contributed by atoms with van der Waals surface area (Å²) in [7, 11) is 0. The lowest BCUT2D eigenvalue weighted by Crippen LogP contribution is -2.09. The fourth-order valence-corrected chi connectivity index (χ4v) is 5.86. The maximum Gasteiger partial charge on any atom is 0.338 e. The zero-order chi connectivity index (χ0) is 37.5. The van der Waals surface area contributed by atoms with E-state index in [9.17, 15) is 19.2 Å². The average molecular weight is 771 g/mol. The van der Waals surface area contributed by atoms with E-state index in [1.807, 2.05) is 0 Å². The highest BCUT2D eigenvalue weighted by Crippen LogP contribution is 2.14. The summed E-state index contributed by atoms with van der Waals surface area (Å²) in [5, 5.41) is 0. The SMILES string of the molecule is C.C.C.CCCCCCCCOC(=O)c1ccc(C(=O)OCCCCCCCCCCCCOC(=O)c2ccc(C(=O)OCCCCCCCC)cc2)cc1. The number of hydrogen-bond acceptors (Lipinski definition) is 8. The average Bonchev–Trinajstić information content (AvgIpc) is 3.17. The van der Waals surface area contributed by atoms with Crippen LogP contribution in [0.5, 0.6) is 0 Å². The van der Waals surface area contributed by atoms with Crippen LogP contribution in [0.25, 0.3) is 0 Å². The number of rotatable bonds is 31. The summed E-state index contributed by atoms with van der Waals surface area (Å²) in [6, 6.07) is 13.0. The summed E-state index contributed by atoms with van der Waals surface area (Å²) in [5.41, 5.74) is 1.77. The second-order valence-electron chi connectivity index (χ2n) is 13.8. The third kappa shape index (κ3) is 25.9. The predicted molar refractivity (Wildman–Crippen MR) is 227 cm³/mol. The Balaban J connectivity index is 0. The first kappa shape index (κ1) is 53.4. The Bertz CT molecular complexity index is 1140. The van der Waals surface area contributed by atoms with Crippen molar-refractivity contribution in [3.05, 3.63) is 70.8 Å². The predicted octanol–water partition coefficient (Wildman–Crippen LogP) is 13.5. The lowest BCUT2D eigenvalue weighted by atomic mass is 10.1. The maximum atomic E-state index is 12.4. The Morgan fingerprint density at radius 1 is 0.309 bits per heavy atom.